The van der Waals surface area contributed by atoms with Crippen molar-refractivity contribution in [2.75, 3.05) is 33.3 Å². The lowest BCUT2D eigenvalue weighted by Gasteiger charge is -2.23. The van der Waals surface area contributed by atoms with Gasteiger partial charge in [0.05, 0.1) is 6.61 Å². The maximum Gasteiger partial charge on any atom is 0.305 e. The molecule has 252 valence electrons. The van der Waals surface area contributed by atoms with Gasteiger partial charge in [-0.2, -0.15) is 0 Å². The van der Waals surface area contributed by atoms with Crippen LogP contribution in [0.4, 0.5) is 0 Å². The topological polar surface area (TPSA) is 58.6 Å². The van der Waals surface area contributed by atoms with E-state index in [0.717, 1.165) is 64.6 Å². The molecule has 0 saturated heterocycles. The average Bonchev–Trinajstić information content (AvgIpc) is 3.00. The Kier molecular flexibility index (Phi) is 37.0. The molecule has 0 heterocycles. The quantitative estimate of drug-likeness (QED) is 0.0639. The molecule has 1 N–H and O–H groups in total. The number of nitrogens with one attached hydrogen (secondary N) is 1. The smallest absolute Gasteiger partial charge is 0.305 e. The predicted octanol–water partition coefficient (Wildman–Crippen LogP) is 10.6. The minimum absolute atomic E-state index is 0.0319. The minimum atomic E-state index is -0.0319. The standard InChI is InChI=1S/C35H70N2O3.C2H6/c1-5-8-11-14-15-19-26-33(25-18-12-9-6-2)32-40-35(39)28-21-17-24-31-37(30-23-13-10-7-3)34(38)27-20-16-22-29-36-4;1-2/h33,36H,5-32H2,1-4H3;1-2H3. The molecule has 1 atom stereocenters. The zero-order valence-corrected chi connectivity index (χ0v) is 29.5. The maximum atomic E-state index is 12.8. The molecule has 0 radical (unpaired) electrons. The van der Waals surface area contributed by atoms with Gasteiger partial charge in [0.2, 0.25) is 5.91 Å². The Morgan fingerprint density at radius 1 is 0.595 bits per heavy atom. The number of carbonyl (C=O) groups excluding carboxylic acids is 2. The first-order chi connectivity index (χ1) is 20.6. The molecule has 0 fully saturated rings. The van der Waals surface area contributed by atoms with Crippen LogP contribution in [0.15, 0.2) is 0 Å². The molecule has 5 heteroatoms. The van der Waals surface area contributed by atoms with Gasteiger partial charge in [0, 0.05) is 25.9 Å². The summed E-state index contributed by atoms with van der Waals surface area (Å²) in [5.41, 5.74) is 0. The molecule has 0 aliphatic rings. The van der Waals surface area contributed by atoms with Crippen molar-refractivity contribution in [3.8, 4) is 0 Å². The Bertz CT molecular complexity index is 555. The number of esters is 1. The van der Waals surface area contributed by atoms with Gasteiger partial charge in [-0.1, -0.05) is 131 Å². The van der Waals surface area contributed by atoms with Crippen molar-refractivity contribution in [2.45, 2.75) is 189 Å². The van der Waals surface area contributed by atoms with Crippen LogP contribution in [0.3, 0.4) is 0 Å². The largest absolute Gasteiger partial charge is 0.465 e. The molecule has 0 aromatic rings. The van der Waals surface area contributed by atoms with Gasteiger partial charge in [0.25, 0.3) is 0 Å². The fraction of sp³-hybridized carbons (Fsp3) is 0.946. The normalized spacial score (nSPS) is 11.6. The number of unbranched alkanes of at least 4 members (excludes halogenated alkanes) is 15. The van der Waals surface area contributed by atoms with Crippen LogP contribution in [0.25, 0.3) is 0 Å². The molecule has 5 nitrogen and oxygen atoms in total. The van der Waals surface area contributed by atoms with Crippen molar-refractivity contribution < 1.29 is 14.3 Å². The van der Waals surface area contributed by atoms with Gasteiger partial charge in [0.1, 0.15) is 0 Å². The van der Waals surface area contributed by atoms with Gasteiger partial charge in [-0.3, -0.25) is 9.59 Å². The lowest BCUT2D eigenvalue weighted by molar-refractivity contribution is -0.145. The summed E-state index contributed by atoms with van der Waals surface area (Å²) in [5, 5.41) is 3.18. The van der Waals surface area contributed by atoms with Crippen LogP contribution in [0.1, 0.15) is 189 Å². The van der Waals surface area contributed by atoms with E-state index in [4.69, 9.17) is 4.74 Å². The van der Waals surface area contributed by atoms with E-state index in [1.54, 1.807) is 0 Å². The minimum Gasteiger partial charge on any atom is -0.465 e. The Hall–Kier alpha value is -1.10. The van der Waals surface area contributed by atoms with Crippen molar-refractivity contribution in [2.24, 2.45) is 5.92 Å². The Morgan fingerprint density at radius 2 is 1.05 bits per heavy atom. The summed E-state index contributed by atoms with van der Waals surface area (Å²) in [6.45, 7) is 14.1. The second-order valence-corrected chi connectivity index (χ2v) is 12.1. The van der Waals surface area contributed by atoms with E-state index in [9.17, 15) is 9.59 Å². The summed E-state index contributed by atoms with van der Waals surface area (Å²) in [5.74, 6) is 0.809. The molecule has 0 aromatic carbocycles. The van der Waals surface area contributed by atoms with Crippen LogP contribution < -0.4 is 5.32 Å². The lowest BCUT2D eigenvalue weighted by atomic mass is 9.95. The highest BCUT2D eigenvalue weighted by Crippen LogP contribution is 2.20. The third-order valence-corrected chi connectivity index (χ3v) is 8.17. The number of hydrogen-bond donors (Lipinski definition) is 1. The average molecular weight is 597 g/mol. The second kappa shape index (κ2) is 36.1. The van der Waals surface area contributed by atoms with E-state index >= 15 is 0 Å². The molecule has 42 heavy (non-hydrogen) atoms. The highest BCUT2D eigenvalue weighted by atomic mass is 16.5. The van der Waals surface area contributed by atoms with Gasteiger partial charge in [-0.25, -0.2) is 0 Å². The zero-order chi connectivity index (χ0) is 31.5. The van der Waals surface area contributed by atoms with Crippen LogP contribution in [-0.4, -0.2) is 50.1 Å². The van der Waals surface area contributed by atoms with E-state index in [2.05, 4.69) is 31.0 Å². The molecule has 0 aromatic heterocycles. The maximum absolute atomic E-state index is 12.8. The molecular formula is C37H76N2O3. The van der Waals surface area contributed by atoms with Crippen LogP contribution in [0.2, 0.25) is 0 Å². The summed E-state index contributed by atoms with van der Waals surface area (Å²) < 4.78 is 5.76. The van der Waals surface area contributed by atoms with Crippen molar-refractivity contribution >= 4 is 11.9 Å². The monoisotopic (exact) mass is 597 g/mol. The molecular weight excluding hydrogens is 520 g/mol. The van der Waals surface area contributed by atoms with E-state index in [1.807, 2.05) is 20.9 Å². The van der Waals surface area contributed by atoms with Crippen LogP contribution in [0.5, 0.6) is 0 Å². The lowest BCUT2D eigenvalue weighted by Crippen LogP contribution is -2.32. The zero-order valence-electron chi connectivity index (χ0n) is 29.5. The van der Waals surface area contributed by atoms with Gasteiger partial charge in [-0.05, 0) is 64.5 Å². The number of hydrogen-bond acceptors (Lipinski definition) is 4. The Morgan fingerprint density at radius 3 is 1.62 bits per heavy atom. The summed E-state index contributed by atoms with van der Waals surface area (Å²) in [6, 6.07) is 0. The fourth-order valence-electron chi connectivity index (χ4n) is 5.42. The first-order valence-electron chi connectivity index (χ1n) is 18.7. The van der Waals surface area contributed by atoms with Crippen molar-refractivity contribution in [1.29, 1.82) is 0 Å². The molecule has 0 aliphatic carbocycles. The SMILES string of the molecule is CC.CCCCCCCCC(CCCCCC)COC(=O)CCCCCN(CCCCCC)C(=O)CCCCCNC. The van der Waals surface area contributed by atoms with Crippen molar-refractivity contribution in [3.63, 3.8) is 0 Å². The van der Waals surface area contributed by atoms with E-state index in [0.29, 0.717) is 31.3 Å². The summed E-state index contributed by atoms with van der Waals surface area (Å²) in [6.07, 6.45) is 27.4. The summed E-state index contributed by atoms with van der Waals surface area (Å²) >= 11 is 0. The van der Waals surface area contributed by atoms with Crippen LogP contribution >= 0.6 is 0 Å². The van der Waals surface area contributed by atoms with E-state index < -0.39 is 0 Å². The van der Waals surface area contributed by atoms with Crippen molar-refractivity contribution in [3.05, 3.63) is 0 Å². The molecule has 1 amide bonds. The van der Waals surface area contributed by atoms with Crippen LogP contribution in [0, 0.1) is 5.92 Å². The van der Waals surface area contributed by atoms with Crippen molar-refractivity contribution in [1.82, 2.24) is 10.2 Å². The third kappa shape index (κ3) is 30.4. The second-order valence-electron chi connectivity index (χ2n) is 12.1. The van der Waals surface area contributed by atoms with Gasteiger partial charge in [0.15, 0.2) is 0 Å². The highest BCUT2D eigenvalue weighted by molar-refractivity contribution is 5.76. The Labute approximate surface area is 264 Å². The van der Waals surface area contributed by atoms with Crippen LogP contribution in [-0.2, 0) is 14.3 Å². The first kappa shape index (κ1) is 43.0. The van der Waals surface area contributed by atoms with Gasteiger partial charge < -0.3 is 15.0 Å². The fourth-order valence-corrected chi connectivity index (χ4v) is 5.42. The molecule has 0 saturated carbocycles. The molecule has 0 spiro atoms. The number of ether oxygens (including phenoxy) is 1. The van der Waals surface area contributed by atoms with Gasteiger partial charge >= 0.3 is 5.97 Å². The van der Waals surface area contributed by atoms with E-state index in [-0.39, 0.29) is 5.97 Å². The molecule has 0 rings (SSSR count). The Balaban J connectivity index is 0. The summed E-state index contributed by atoms with van der Waals surface area (Å²) in [7, 11) is 1.98. The number of nitrogens with zero attached hydrogens (tertiary/aromatic N) is 1. The van der Waals surface area contributed by atoms with Gasteiger partial charge in [-0.15, -0.1) is 0 Å². The first-order valence-corrected chi connectivity index (χ1v) is 18.7. The molecule has 1 unspecified atom stereocenters. The highest BCUT2D eigenvalue weighted by Gasteiger charge is 2.14. The summed E-state index contributed by atoms with van der Waals surface area (Å²) in [4.78, 5) is 27.4. The predicted molar refractivity (Wildman–Crippen MR) is 184 cm³/mol. The third-order valence-electron chi connectivity index (χ3n) is 8.17. The molecule has 0 aliphatic heterocycles. The number of carbonyl (C=O) groups is 2. The number of amides is 1. The number of rotatable bonds is 31. The molecule has 0 bridgehead atoms. The van der Waals surface area contributed by atoms with E-state index in [1.165, 1.54) is 96.3 Å².